The Bertz CT molecular complexity index is 981. The van der Waals surface area contributed by atoms with Gasteiger partial charge in [-0.1, -0.05) is 12.1 Å². The average Bonchev–Trinajstić information content (AvgIpc) is 2.76. The summed E-state index contributed by atoms with van der Waals surface area (Å²) >= 11 is 5.39. The van der Waals surface area contributed by atoms with Crippen molar-refractivity contribution >= 4 is 33.1 Å². The molecule has 0 unspecified atom stereocenters. The van der Waals surface area contributed by atoms with Crippen molar-refractivity contribution in [1.29, 1.82) is 0 Å². The van der Waals surface area contributed by atoms with E-state index >= 15 is 0 Å². The minimum Gasteiger partial charge on any atom is -0.330 e. The van der Waals surface area contributed by atoms with Crippen LogP contribution >= 0.6 is 12.2 Å². The number of rotatable bonds is 2. The maximum atomic E-state index is 11.5. The standard InChI is InChI=1S/C15H14N2O2S2/c1-10-4-3-5-13-14(10)16-15(20)17(13)11-6-8-12(9-7-11)21(2,18)19/h3-9H,1-2H3,(H,16,20). The van der Waals surface area contributed by atoms with E-state index in [1.807, 2.05) is 29.7 Å². The van der Waals surface area contributed by atoms with Crippen molar-refractivity contribution in [3.05, 3.63) is 52.8 Å². The Morgan fingerprint density at radius 3 is 2.38 bits per heavy atom. The number of hydrogen-bond donors (Lipinski definition) is 1. The predicted molar refractivity (Wildman–Crippen MR) is 86.3 cm³/mol. The molecular formula is C15H14N2O2S2. The van der Waals surface area contributed by atoms with Crippen LogP contribution in [0.15, 0.2) is 47.4 Å². The SMILES string of the molecule is Cc1cccc2c1[nH]c(=S)n2-c1ccc(S(C)(=O)=O)cc1. The van der Waals surface area contributed by atoms with Gasteiger partial charge in [-0.15, -0.1) is 0 Å². The zero-order valence-corrected chi connectivity index (χ0v) is 13.3. The lowest BCUT2D eigenvalue weighted by Gasteiger charge is -2.06. The van der Waals surface area contributed by atoms with Crippen molar-refractivity contribution in [2.45, 2.75) is 11.8 Å². The van der Waals surface area contributed by atoms with Crippen LogP contribution in [0.1, 0.15) is 5.56 Å². The zero-order valence-electron chi connectivity index (χ0n) is 11.6. The summed E-state index contributed by atoms with van der Waals surface area (Å²) in [6.07, 6.45) is 1.20. The van der Waals surface area contributed by atoms with E-state index in [4.69, 9.17) is 12.2 Å². The van der Waals surface area contributed by atoms with Gasteiger partial charge in [0.05, 0.1) is 15.9 Å². The van der Waals surface area contributed by atoms with Gasteiger partial charge in [0.25, 0.3) is 0 Å². The molecule has 4 nitrogen and oxygen atoms in total. The van der Waals surface area contributed by atoms with Crippen LogP contribution in [0.25, 0.3) is 16.7 Å². The molecule has 2 aromatic carbocycles. The molecule has 0 bridgehead atoms. The van der Waals surface area contributed by atoms with Gasteiger partial charge < -0.3 is 4.98 Å². The Labute approximate surface area is 128 Å². The second-order valence-corrected chi connectivity index (χ2v) is 7.40. The second-order valence-electron chi connectivity index (χ2n) is 5.00. The Balaban J connectivity index is 2.24. The zero-order chi connectivity index (χ0) is 15.2. The van der Waals surface area contributed by atoms with Gasteiger partial charge in [-0.3, -0.25) is 4.57 Å². The molecule has 1 heterocycles. The Hall–Kier alpha value is -1.92. The second kappa shape index (κ2) is 4.82. The number of hydrogen-bond acceptors (Lipinski definition) is 3. The molecule has 3 rings (SSSR count). The monoisotopic (exact) mass is 318 g/mol. The number of aryl methyl sites for hydroxylation is 1. The Morgan fingerprint density at radius 2 is 1.76 bits per heavy atom. The van der Waals surface area contributed by atoms with Crippen LogP contribution in [0, 0.1) is 11.7 Å². The largest absolute Gasteiger partial charge is 0.330 e. The van der Waals surface area contributed by atoms with E-state index in [1.165, 1.54) is 6.26 Å². The molecule has 108 valence electrons. The fourth-order valence-electron chi connectivity index (χ4n) is 2.37. The molecule has 0 aliphatic rings. The maximum absolute atomic E-state index is 11.5. The highest BCUT2D eigenvalue weighted by molar-refractivity contribution is 7.90. The number of aromatic amines is 1. The minimum absolute atomic E-state index is 0.300. The first-order valence-corrected chi connectivity index (χ1v) is 8.69. The number of benzene rings is 2. The first-order chi connectivity index (χ1) is 9.88. The van der Waals surface area contributed by atoms with Gasteiger partial charge in [0, 0.05) is 11.9 Å². The summed E-state index contributed by atoms with van der Waals surface area (Å²) in [5, 5.41) is 0. The summed E-state index contributed by atoms with van der Waals surface area (Å²) in [6, 6.07) is 12.7. The van der Waals surface area contributed by atoms with Crippen LogP contribution in [-0.2, 0) is 9.84 Å². The first kappa shape index (κ1) is 14.0. The van der Waals surface area contributed by atoms with E-state index in [2.05, 4.69) is 4.98 Å². The van der Waals surface area contributed by atoms with Crippen molar-refractivity contribution in [2.75, 3.05) is 6.26 Å². The molecule has 0 radical (unpaired) electrons. The van der Waals surface area contributed by atoms with E-state index in [9.17, 15) is 8.42 Å². The van der Waals surface area contributed by atoms with E-state index < -0.39 is 9.84 Å². The van der Waals surface area contributed by atoms with Crippen molar-refractivity contribution in [2.24, 2.45) is 0 Å². The van der Waals surface area contributed by atoms with Crippen molar-refractivity contribution < 1.29 is 8.42 Å². The van der Waals surface area contributed by atoms with Gasteiger partial charge in [-0.25, -0.2) is 8.42 Å². The van der Waals surface area contributed by atoms with Gasteiger partial charge in [-0.05, 0) is 55.0 Å². The Morgan fingerprint density at radius 1 is 1.10 bits per heavy atom. The number of H-pyrrole nitrogens is 1. The van der Waals surface area contributed by atoms with Crippen molar-refractivity contribution in [3.8, 4) is 5.69 Å². The quantitative estimate of drug-likeness (QED) is 0.737. The molecular weight excluding hydrogens is 304 g/mol. The van der Waals surface area contributed by atoms with Gasteiger partial charge in [0.15, 0.2) is 14.6 Å². The third-order valence-electron chi connectivity index (χ3n) is 3.45. The molecule has 21 heavy (non-hydrogen) atoms. The predicted octanol–water partition coefficient (Wildman–Crippen LogP) is 3.40. The number of para-hydroxylation sites is 1. The van der Waals surface area contributed by atoms with Crippen molar-refractivity contribution in [1.82, 2.24) is 9.55 Å². The number of imidazole rings is 1. The fraction of sp³-hybridized carbons (Fsp3) is 0.133. The summed E-state index contributed by atoms with van der Waals surface area (Å²) < 4.78 is 25.5. The highest BCUT2D eigenvalue weighted by Crippen LogP contribution is 2.23. The molecule has 0 saturated heterocycles. The number of nitrogens with one attached hydrogen (secondary N) is 1. The first-order valence-electron chi connectivity index (χ1n) is 6.39. The Kier molecular flexibility index (Phi) is 3.22. The molecule has 0 aliphatic carbocycles. The molecule has 0 aliphatic heterocycles. The molecule has 3 aromatic rings. The lowest BCUT2D eigenvalue weighted by Crippen LogP contribution is -1.99. The summed E-state index contributed by atoms with van der Waals surface area (Å²) in [7, 11) is -3.19. The summed E-state index contributed by atoms with van der Waals surface area (Å²) in [5.74, 6) is 0. The van der Waals surface area contributed by atoms with Crippen LogP contribution in [0.5, 0.6) is 0 Å². The van der Waals surface area contributed by atoms with Crippen LogP contribution < -0.4 is 0 Å². The van der Waals surface area contributed by atoms with E-state index in [0.29, 0.717) is 9.67 Å². The number of nitrogens with zero attached hydrogens (tertiary/aromatic N) is 1. The van der Waals surface area contributed by atoms with Gasteiger partial charge >= 0.3 is 0 Å². The topological polar surface area (TPSA) is 54.9 Å². The minimum atomic E-state index is -3.19. The molecule has 0 saturated carbocycles. The number of fused-ring (bicyclic) bond motifs is 1. The molecule has 6 heteroatoms. The van der Waals surface area contributed by atoms with Gasteiger partial charge in [0.1, 0.15) is 0 Å². The van der Waals surface area contributed by atoms with Crippen molar-refractivity contribution in [3.63, 3.8) is 0 Å². The molecule has 1 N–H and O–H groups in total. The van der Waals surface area contributed by atoms with Gasteiger partial charge in [0.2, 0.25) is 0 Å². The maximum Gasteiger partial charge on any atom is 0.182 e. The lowest BCUT2D eigenvalue weighted by atomic mass is 10.2. The summed E-state index contributed by atoms with van der Waals surface area (Å²) in [6.45, 7) is 2.02. The van der Waals surface area contributed by atoms with E-state index in [-0.39, 0.29) is 0 Å². The third kappa shape index (κ3) is 2.41. The third-order valence-corrected chi connectivity index (χ3v) is 4.86. The summed E-state index contributed by atoms with van der Waals surface area (Å²) in [5.41, 5.74) is 3.93. The molecule has 0 atom stereocenters. The molecule has 0 fully saturated rings. The molecule has 0 amide bonds. The highest BCUT2D eigenvalue weighted by atomic mass is 32.2. The van der Waals surface area contributed by atoms with E-state index in [1.54, 1.807) is 24.3 Å². The van der Waals surface area contributed by atoms with Crippen LogP contribution in [0.3, 0.4) is 0 Å². The van der Waals surface area contributed by atoms with E-state index in [0.717, 1.165) is 22.3 Å². The smallest absolute Gasteiger partial charge is 0.182 e. The summed E-state index contributed by atoms with van der Waals surface area (Å²) in [4.78, 5) is 3.50. The number of aromatic nitrogens is 2. The fourth-order valence-corrected chi connectivity index (χ4v) is 3.31. The molecule has 1 aromatic heterocycles. The lowest BCUT2D eigenvalue weighted by molar-refractivity contribution is 0.602. The van der Waals surface area contributed by atoms with Crippen LogP contribution in [0.2, 0.25) is 0 Å². The normalized spacial score (nSPS) is 11.9. The molecule has 0 spiro atoms. The highest BCUT2D eigenvalue weighted by Gasteiger charge is 2.10. The average molecular weight is 318 g/mol. The van der Waals surface area contributed by atoms with Crippen LogP contribution in [-0.4, -0.2) is 24.2 Å². The van der Waals surface area contributed by atoms with Crippen LogP contribution in [0.4, 0.5) is 0 Å². The number of sulfone groups is 1. The van der Waals surface area contributed by atoms with Gasteiger partial charge in [-0.2, -0.15) is 0 Å².